The number of ether oxygens (including phenoxy) is 1. The van der Waals surface area contributed by atoms with Gasteiger partial charge in [0.15, 0.2) is 0 Å². The highest BCUT2D eigenvalue weighted by molar-refractivity contribution is 5.75. The lowest BCUT2D eigenvalue weighted by Crippen LogP contribution is -2.39. The van der Waals surface area contributed by atoms with E-state index in [1.165, 1.54) is 22.1 Å². The topological polar surface area (TPSA) is 85.2 Å². The number of piperidine rings is 1. The molecule has 28 heavy (non-hydrogen) atoms. The summed E-state index contributed by atoms with van der Waals surface area (Å²) in [6, 6.07) is 6.51. The van der Waals surface area contributed by atoms with E-state index in [1.807, 2.05) is 0 Å². The van der Waals surface area contributed by atoms with Crippen LogP contribution in [0.1, 0.15) is 37.8 Å². The summed E-state index contributed by atoms with van der Waals surface area (Å²) in [5, 5.41) is 13.8. The first-order chi connectivity index (χ1) is 13.5. The minimum absolute atomic E-state index is 0.0469. The lowest BCUT2D eigenvalue weighted by molar-refractivity contribution is -0.122. The molecular formula is C20H28N6O2. The number of hydrogen-bond donors (Lipinski definition) is 1. The highest BCUT2D eigenvalue weighted by Crippen LogP contribution is 2.38. The van der Waals surface area contributed by atoms with Crippen LogP contribution in [0.5, 0.6) is 5.75 Å². The maximum Gasteiger partial charge on any atom is 0.241 e. The molecule has 1 saturated heterocycles. The molecule has 0 saturated carbocycles. The second-order valence-electron chi connectivity index (χ2n) is 8.47. The van der Waals surface area contributed by atoms with Crippen LogP contribution in [0.4, 0.5) is 0 Å². The fourth-order valence-electron chi connectivity index (χ4n) is 4.11. The first-order valence-corrected chi connectivity index (χ1v) is 9.98. The summed E-state index contributed by atoms with van der Waals surface area (Å²) < 4.78 is 7.64. The number of carbonyl (C=O) groups is 1. The van der Waals surface area contributed by atoms with E-state index in [-0.39, 0.29) is 18.1 Å². The number of rotatable bonds is 6. The molecule has 0 spiro atoms. The minimum atomic E-state index is -0.105. The van der Waals surface area contributed by atoms with Crippen LogP contribution < -0.4 is 10.1 Å². The monoisotopic (exact) mass is 384 g/mol. The van der Waals surface area contributed by atoms with Crippen molar-refractivity contribution in [1.82, 2.24) is 30.4 Å². The molecule has 2 aromatic rings. The summed E-state index contributed by atoms with van der Waals surface area (Å²) in [6.07, 6.45) is 4.60. The van der Waals surface area contributed by atoms with E-state index in [0.29, 0.717) is 12.5 Å². The number of aromatic nitrogens is 4. The summed E-state index contributed by atoms with van der Waals surface area (Å²) >= 11 is 0. The van der Waals surface area contributed by atoms with Crippen LogP contribution in [0.25, 0.3) is 0 Å². The number of amides is 1. The Hall–Kier alpha value is -2.48. The first kappa shape index (κ1) is 18.9. The highest BCUT2D eigenvalue weighted by Gasteiger charge is 2.32. The molecule has 0 aliphatic carbocycles. The molecule has 3 heterocycles. The summed E-state index contributed by atoms with van der Waals surface area (Å²) in [5.74, 6) is 1.56. The maximum absolute atomic E-state index is 12.0. The number of fused-ring (bicyclic) bond motifs is 1. The minimum Gasteiger partial charge on any atom is -0.487 e. The van der Waals surface area contributed by atoms with Gasteiger partial charge in [0.2, 0.25) is 5.91 Å². The molecule has 1 aromatic carbocycles. The van der Waals surface area contributed by atoms with Crippen molar-refractivity contribution in [3.63, 3.8) is 0 Å². The average molecular weight is 384 g/mol. The number of carbonyl (C=O) groups excluding carboxylic acids is 1. The standard InChI is InChI=1S/C20H28N6O2/c1-20(2)10-16-4-3-5-17(19(16)28-20)12-25-8-6-15(7-9-25)11-21-18(27)13-26-14-22-23-24-26/h3-5,14-15H,6-13H2,1-2H3,(H,21,27). The zero-order chi connectivity index (χ0) is 19.6. The first-order valence-electron chi connectivity index (χ1n) is 9.98. The molecule has 8 heteroatoms. The van der Waals surface area contributed by atoms with Crippen molar-refractivity contribution in [2.45, 2.75) is 51.8 Å². The molecule has 0 radical (unpaired) electrons. The number of likely N-dealkylation sites (tertiary alicyclic amines) is 1. The second-order valence-corrected chi connectivity index (χ2v) is 8.47. The SMILES string of the molecule is CC1(C)Cc2cccc(CN3CCC(CNC(=O)Cn4cnnn4)CC3)c2O1. The van der Waals surface area contributed by atoms with Gasteiger partial charge in [-0.15, -0.1) is 5.10 Å². The molecule has 1 N–H and O–H groups in total. The summed E-state index contributed by atoms with van der Waals surface area (Å²) in [4.78, 5) is 14.5. The third-order valence-corrected chi connectivity index (χ3v) is 5.56. The molecule has 0 bridgehead atoms. The van der Waals surface area contributed by atoms with Gasteiger partial charge < -0.3 is 10.1 Å². The third kappa shape index (κ3) is 4.49. The molecule has 1 aromatic heterocycles. The molecule has 1 fully saturated rings. The van der Waals surface area contributed by atoms with Gasteiger partial charge in [0.05, 0.1) is 0 Å². The van der Waals surface area contributed by atoms with Crippen LogP contribution in [0.2, 0.25) is 0 Å². The molecule has 2 aliphatic heterocycles. The largest absolute Gasteiger partial charge is 0.487 e. The molecule has 150 valence electrons. The van der Waals surface area contributed by atoms with E-state index in [1.54, 1.807) is 0 Å². The van der Waals surface area contributed by atoms with Crippen molar-refractivity contribution in [2.24, 2.45) is 5.92 Å². The Labute approximate surface area is 165 Å². The van der Waals surface area contributed by atoms with Gasteiger partial charge in [-0.05, 0) is 61.7 Å². The van der Waals surface area contributed by atoms with Gasteiger partial charge in [0.25, 0.3) is 0 Å². The van der Waals surface area contributed by atoms with E-state index < -0.39 is 0 Å². The fraction of sp³-hybridized carbons (Fsp3) is 0.600. The van der Waals surface area contributed by atoms with Crippen molar-refractivity contribution in [3.05, 3.63) is 35.7 Å². The number of para-hydroxylation sites is 1. The number of benzene rings is 1. The van der Waals surface area contributed by atoms with Crippen molar-refractivity contribution in [1.29, 1.82) is 0 Å². The van der Waals surface area contributed by atoms with Gasteiger partial charge in [-0.2, -0.15) is 0 Å². The molecule has 0 atom stereocenters. The van der Waals surface area contributed by atoms with Crippen LogP contribution in [0.3, 0.4) is 0 Å². The predicted octanol–water partition coefficient (Wildman–Crippen LogP) is 1.41. The normalized spacial score (nSPS) is 19.2. The smallest absolute Gasteiger partial charge is 0.241 e. The number of nitrogens with one attached hydrogen (secondary N) is 1. The van der Waals surface area contributed by atoms with Crippen molar-refractivity contribution in [3.8, 4) is 5.75 Å². The Morgan fingerprint density at radius 2 is 2.14 bits per heavy atom. The Balaban J connectivity index is 1.23. The predicted molar refractivity (Wildman–Crippen MR) is 104 cm³/mol. The molecule has 1 amide bonds. The number of tetrazole rings is 1. The van der Waals surface area contributed by atoms with E-state index in [9.17, 15) is 4.79 Å². The maximum atomic E-state index is 12.0. The molecule has 4 rings (SSSR count). The highest BCUT2D eigenvalue weighted by atomic mass is 16.5. The molecular weight excluding hydrogens is 356 g/mol. The van der Waals surface area contributed by atoms with E-state index >= 15 is 0 Å². The van der Waals surface area contributed by atoms with E-state index in [0.717, 1.165) is 44.6 Å². The third-order valence-electron chi connectivity index (χ3n) is 5.56. The Morgan fingerprint density at radius 1 is 1.32 bits per heavy atom. The van der Waals surface area contributed by atoms with Gasteiger partial charge in [-0.1, -0.05) is 18.2 Å². The van der Waals surface area contributed by atoms with Crippen LogP contribution in [0, 0.1) is 5.92 Å². The van der Waals surface area contributed by atoms with Gasteiger partial charge >= 0.3 is 0 Å². The Bertz CT molecular complexity index is 812. The van der Waals surface area contributed by atoms with Gasteiger partial charge in [-0.25, -0.2) is 4.68 Å². The molecule has 0 unspecified atom stereocenters. The summed E-state index contributed by atoms with van der Waals surface area (Å²) in [6.45, 7) is 8.19. The second kappa shape index (κ2) is 7.87. The molecule has 8 nitrogen and oxygen atoms in total. The zero-order valence-electron chi connectivity index (χ0n) is 16.6. The van der Waals surface area contributed by atoms with E-state index in [2.05, 4.69) is 57.8 Å². The number of nitrogens with zero attached hydrogens (tertiary/aromatic N) is 5. The van der Waals surface area contributed by atoms with Gasteiger partial charge in [-0.3, -0.25) is 9.69 Å². The summed E-state index contributed by atoms with van der Waals surface area (Å²) in [5.41, 5.74) is 2.50. The van der Waals surface area contributed by atoms with Gasteiger partial charge in [0.1, 0.15) is 24.2 Å². The van der Waals surface area contributed by atoms with Crippen LogP contribution in [-0.4, -0.2) is 56.2 Å². The Kier molecular flexibility index (Phi) is 5.30. The zero-order valence-corrected chi connectivity index (χ0v) is 16.6. The van der Waals surface area contributed by atoms with Gasteiger partial charge in [0, 0.05) is 25.1 Å². The van der Waals surface area contributed by atoms with Crippen molar-refractivity contribution in [2.75, 3.05) is 19.6 Å². The van der Waals surface area contributed by atoms with E-state index in [4.69, 9.17) is 4.74 Å². The van der Waals surface area contributed by atoms with Crippen molar-refractivity contribution >= 4 is 5.91 Å². The van der Waals surface area contributed by atoms with Crippen LogP contribution in [0.15, 0.2) is 24.5 Å². The number of hydrogen-bond acceptors (Lipinski definition) is 6. The molecule has 2 aliphatic rings. The lowest BCUT2D eigenvalue weighted by atomic mass is 9.96. The Morgan fingerprint density at radius 3 is 2.89 bits per heavy atom. The van der Waals surface area contributed by atoms with Crippen LogP contribution >= 0.6 is 0 Å². The quantitative estimate of drug-likeness (QED) is 0.811. The van der Waals surface area contributed by atoms with Crippen LogP contribution in [-0.2, 0) is 24.3 Å². The summed E-state index contributed by atoms with van der Waals surface area (Å²) in [7, 11) is 0. The lowest BCUT2D eigenvalue weighted by Gasteiger charge is -2.32. The van der Waals surface area contributed by atoms with Crippen molar-refractivity contribution < 1.29 is 9.53 Å². The average Bonchev–Trinajstić information content (AvgIpc) is 3.27. The fourth-order valence-corrected chi connectivity index (χ4v) is 4.11.